The number of hydrogen-bond acceptors (Lipinski definition) is 0. The van der Waals surface area contributed by atoms with Crippen LogP contribution in [0, 0.1) is 5.41 Å². The lowest BCUT2D eigenvalue weighted by Gasteiger charge is -2.49. The Hall–Kier alpha value is -3.12. The van der Waals surface area contributed by atoms with E-state index in [4.69, 9.17) is 0 Å². The lowest BCUT2D eigenvalue weighted by molar-refractivity contribution is 0.370. The van der Waals surface area contributed by atoms with Crippen LogP contribution in [0.25, 0.3) is 16.7 Å². The summed E-state index contributed by atoms with van der Waals surface area (Å²) >= 11 is 0. The highest BCUT2D eigenvalue weighted by Gasteiger charge is 2.57. The molecule has 0 heterocycles. The highest BCUT2D eigenvalue weighted by molar-refractivity contribution is 5.91. The Bertz CT molecular complexity index is 1140. The molecule has 0 heteroatoms. The van der Waals surface area contributed by atoms with Crippen molar-refractivity contribution >= 4 is 5.57 Å². The highest BCUT2D eigenvalue weighted by atomic mass is 14.6. The van der Waals surface area contributed by atoms with Crippen LogP contribution in [0.4, 0.5) is 0 Å². The van der Waals surface area contributed by atoms with Crippen molar-refractivity contribution in [1.82, 2.24) is 0 Å². The van der Waals surface area contributed by atoms with Gasteiger partial charge in [-0.25, -0.2) is 0 Å². The molecular formula is C27H20. The highest BCUT2D eigenvalue weighted by Crippen LogP contribution is 2.65. The molecule has 0 fully saturated rings. The summed E-state index contributed by atoms with van der Waals surface area (Å²) in [6, 6.07) is 26.9. The Balaban J connectivity index is 1.87. The molecule has 3 aromatic carbocycles. The van der Waals surface area contributed by atoms with Gasteiger partial charge in [-0.3, -0.25) is 0 Å². The second-order valence-electron chi connectivity index (χ2n) is 7.99. The average Bonchev–Trinajstić information content (AvgIpc) is 2.89. The van der Waals surface area contributed by atoms with Gasteiger partial charge in [0.15, 0.2) is 0 Å². The first kappa shape index (κ1) is 15.0. The van der Waals surface area contributed by atoms with Crippen molar-refractivity contribution in [2.45, 2.75) is 12.3 Å². The van der Waals surface area contributed by atoms with E-state index in [0.29, 0.717) is 0 Å². The summed E-state index contributed by atoms with van der Waals surface area (Å²) in [6.07, 6.45) is 11.5. The molecule has 0 aromatic heterocycles. The molecule has 0 radical (unpaired) electrons. The number of benzene rings is 3. The van der Waals surface area contributed by atoms with Gasteiger partial charge in [-0.1, -0.05) is 110 Å². The molecule has 1 atom stereocenters. The molecule has 2 bridgehead atoms. The largest absolute Gasteiger partial charge is 0.0732 e. The van der Waals surface area contributed by atoms with E-state index in [1.54, 1.807) is 0 Å². The Morgan fingerprint density at radius 2 is 1.11 bits per heavy atom. The Morgan fingerprint density at radius 1 is 0.593 bits per heavy atom. The maximum atomic E-state index is 2.48. The molecule has 27 heavy (non-hydrogen) atoms. The third-order valence-electron chi connectivity index (χ3n) is 6.69. The Morgan fingerprint density at radius 3 is 1.74 bits per heavy atom. The van der Waals surface area contributed by atoms with Crippen LogP contribution in [0.5, 0.6) is 0 Å². The summed E-state index contributed by atoms with van der Waals surface area (Å²) in [7, 11) is 0. The Kier molecular flexibility index (Phi) is 2.77. The predicted molar refractivity (Wildman–Crippen MR) is 113 cm³/mol. The van der Waals surface area contributed by atoms with Gasteiger partial charge in [0.1, 0.15) is 0 Å². The van der Waals surface area contributed by atoms with E-state index < -0.39 is 0 Å². The molecule has 3 aromatic rings. The van der Waals surface area contributed by atoms with Gasteiger partial charge in [0.25, 0.3) is 0 Å². The average molecular weight is 344 g/mol. The van der Waals surface area contributed by atoms with E-state index in [9.17, 15) is 0 Å². The molecule has 128 valence electrons. The molecule has 1 spiro atoms. The second-order valence-corrected chi connectivity index (χ2v) is 7.99. The lowest BCUT2D eigenvalue weighted by Crippen LogP contribution is -2.44. The third-order valence-corrected chi connectivity index (χ3v) is 6.69. The zero-order valence-corrected chi connectivity index (χ0v) is 15.3. The minimum absolute atomic E-state index is 0.136. The summed E-state index contributed by atoms with van der Waals surface area (Å²) < 4.78 is 0. The summed E-state index contributed by atoms with van der Waals surface area (Å²) in [4.78, 5) is 0. The number of hydrogen-bond donors (Lipinski definition) is 0. The van der Waals surface area contributed by atoms with Gasteiger partial charge in [0, 0.05) is 5.41 Å². The fourth-order valence-corrected chi connectivity index (χ4v) is 5.69. The molecule has 3 aliphatic rings. The number of fused-ring (bicyclic) bond motifs is 10. The van der Waals surface area contributed by atoms with Crippen LogP contribution in [0.15, 0.2) is 103 Å². The predicted octanol–water partition coefficient (Wildman–Crippen LogP) is 6.53. The number of rotatable bonds is 0. The van der Waals surface area contributed by atoms with Gasteiger partial charge >= 0.3 is 0 Å². The summed E-state index contributed by atoms with van der Waals surface area (Å²) in [5.74, 6) is 0. The van der Waals surface area contributed by atoms with Gasteiger partial charge < -0.3 is 0 Å². The van der Waals surface area contributed by atoms with Gasteiger partial charge in [0.2, 0.25) is 0 Å². The maximum absolute atomic E-state index is 2.48. The van der Waals surface area contributed by atoms with Crippen LogP contribution in [-0.2, 0) is 5.41 Å². The first-order chi connectivity index (χ1) is 13.3. The van der Waals surface area contributed by atoms with E-state index in [-0.39, 0.29) is 10.8 Å². The van der Waals surface area contributed by atoms with Gasteiger partial charge in [-0.05, 0) is 39.0 Å². The van der Waals surface area contributed by atoms with Gasteiger partial charge in [-0.2, -0.15) is 0 Å². The lowest BCUT2D eigenvalue weighted by atomic mass is 9.52. The van der Waals surface area contributed by atoms with Gasteiger partial charge in [0.05, 0.1) is 5.41 Å². The molecule has 1 unspecified atom stereocenters. The van der Waals surface area contributed by atoms with Crippen LogP contribution < -0.4 is 0 Å². The standard InChI is InChI=1S/C27H20/c1-26-17-9-8-10-19(18-26)20-11-2-5-14-23(20)27(26)24-15-6-3-12-21(24)22-13-4-7-16-25(22)27/h2-18H,1H3. The van der Waals surface area contributed by atoms with E-state index in [2.05, 4.69) is 110 Å². The van der Waals surface area contributed by atoms with Crippen molar-refractivity contribution in [1.29, 1.82) is 0 Å². The van der Waals surface area contributed by atoms with Crippen molar-refractivity contribution < 1.29 is 0 Å². The zero-order chi connectivity index (χ0) is 18.1. The summed E-state index contributed by atoms with van der Waals surface area (Å²) in [5, 5.41) is 0. The quantitative estimate of drug-likeness (QED) is 0.435. The molecule has 0 nitrogen and oxygen atoms in total. The minimum Gasteiger partial charge on any atom is -0.0732 e. The van der Waals surface area contributed by atoms with E-state index in [0.717, 1.165) is 0 Å². The molecule has 3 aliphatic carbocycles. The molecule has 0 N–H and O–H groups in total. The molecule has 0 saturated heterocycles. The zero-order valence-electron chi connectivity index (χ0n) is 15.3. The van der Waals surface area contributed by atoms with Crippen molar-refractivity contribution in [3.8, 4) is 11.1 Å². The summed E-state index contributed by atoms with van der Waals surface area (Å²) in [5.41, 5.74) is 9.32. The van der Waals surface area contributed by atoms with Crippen molar-refractivity contribution in [3.05, 3.63) is 125 Å². The minimum atomic E-state index is -0.206. The van der Waals surface area contributed by atoms with E-state index in [1.807, 2.05) is 0 Å². The molecule has 0 amide bonds. The maximum Gasteiger partial charge on any atom is 0.0592 e. The molecule has 6 rings (SSSR count). The monoisotopic (exact) mass is 344 g/mol. The summed E-state index contributed by atoms with van der Waals surface area (Å²) in [6.45, 7) is 2.39. The van der Waals surface area contributed by atoms with Crippen LogP contribution in [0.1, 0.15) is 29.2 Å². The smallest absolute Gasteiger partial charge is 0.0592 e. The van der Waals surface area contributed by atoms with Crippen molar-refractivity contribution in [2.75, 3.05) is 0 Å². The SMILES string of the molecule is CC12C=CC=CC(=C1)c1ccccc1C21c2ccccc2-c2ccccc21. The van der Waals surface area contributed by atoms with Crippen LogP contribution >= 0.6 is 0 Å². The first-order valence-electron chi connectivity index (χ1n) is 9.64. The van der Waals surface area contributed by atoms with E-state index >= 15 is 0 Å². The molecule has 0 saturated carbocycles. The normalized spacial score (nSPS) is 22.6. The van der Waals surface area contributed by atoms with Crippen molar-refractivity contribution in [2.24, 2.45) is 5.41 Å². The first-order valence-corrected chi connectivity index (χ1v) is 9.64. The Labute approximate surface area is 160 Å². The fraction of sp³-hybridized carbons (Fsp3) is 0.111. The van der Waals surface area contributed by atoms with Crippen molar-refractivity contribution in [3.63, 3.8) is 0 Å². The molecule has 0 aliphatic heterocycles. The fourth-order valence-electron chi connectivity index (χ4n) is 5.69. The van der Waals surface area contributed by atoms with Gasteiger partial charge in [-0.15, -0.1) is 0 Å². The third kappa shape index (κ3) is 1.64. The second kappa shape index (κ2) is 4.98. The number of allylic oxidation sites excluding steroid dienone is 6. The van der Waals surface area contributed by atoms with Crippen LogP contribution in [0.2, 0.25) is 0 Å². The van der Waals surface area contributed by atoms with E-state index in [1.165, 1.54) is 39.0 Å². The molecular weight excluding hydrogens is 324 g/mol. The van der Waals surface area contributed by atoms with Crippen LogP contribution in [-0.4, -0.2) is 0 Å². The topological polar surface area (TPSA) is 0 Å². The van der Waals surface area contributed by atoms with Crippen LogP contribution in [0.3, 0.4) is 0 Å².